The molecule has 0 unspecified atom stereocenters. The van der Waals surface area contributed by atoms with Crippen LogP contribution in [0.2, 0.25) is 6.82 Å². The summed E-state index contributed by atoms with van der Waals surface area (Å²) in [5.74, 6) is -0.289. The molecular weight excluding hydrogens is 277 g/mol. The summed E-state index contributed by atoms with van der Waals surface area (Å²) < 4.78 is 4.79. The van der Waals surface area contributed by atoms with Gasteiger partial charge in [-0.25, -0.2) is 4.79 Å². The zero-order valence-electron chi connectivity index (χ0n) is 13.2. The predicted molar refractivity (Wildman–Crippen MR) is 87.4 cm³/mol. The maximum absolute atomic E-state index is 11.7. The van der Waals surface area contributed by atoms with Crippen molar-refractivity contribution in [3.8, 4) is 0 Å². The Morgan fingerprint density at radius 2 is 2.05 bits per heavy atom. The zero-order chi connectivity index (χ0) is 15.7. The number of benzene rings is 1. The van der Waals surface area contributed by atoms with Gasteiger partial charge in [-0.2, -0.15) is 0 Å². The molecule has 1 fully saturated rings. The molecule has 1 saturated heterocycles. The van der Waals surface area contributed by atoms with Crippen LogP contribution in [-0.4, -0.2) is 43.1 Å². The van der Waals surface area contributed by atoms with Gasteiger partial charge in [0.15, 0.2) is 0 Å². The molecule has 1 aromatic carbocycles. The van der Waals surface area contributed by atoms with Crippen LogP contribution in [0.1, 0.15) is 30.4 Å². The molecule has 1 N–H and O–H groups in total. The van der Waals surface area contributed by atoms with Crippen molar-refractivity contribution in [1.82, 2.24) is 4.81 Å². The van der Waals surface area contributed by atoms with E-state index >= 15 is 0 Å². The summed E-state index contributed by atoms with van der Waals surface area (Å²) in [4.78, 5) is 13.8. The summed E-state index contributed by atoms with van der Waals surface area (Å²) in [6.45, 7) is 3.60. The molecule has 1 aliphatic heterocycles. The van der Waals surface area contributed by atoms with Gasteiger partial charge in [0.05, 0.1) is 7.11 Å². The van der Waals surface area contributed by atoms with Gasteiger partial charge in [0.1, 0.15) is 0 Å². The smallest absolute Gasteiger partial charge is 0.376 e. The maximum atomic E-state index is 11.7. The van der Waals surface area contributed by atoms with Crippen molar-refractivity contribution in [3.05, 3.63) is 41.5 Å². The Balaban J connectivity index is 1.92. The number of carbonyl (C=O) groups excluding carboxylic acids is 1. The Labute approximate surface area is 131 Å². The first-order chi connectivity index (χ1) is 10.6. The quantitative estimate of drug-likeness (QED) is 0.516. The molecular formula is C17H22BNO3. The van der Waals surface area contributed by atoms with E-state index in [9.17, 15) is 9.82 Å². The highest BCUT2D eigenvalue weighted by Gasteiger charge is 2.43. The fraction of sp³-hybridized carbons (Fsp3) is 0.471. The van der Waals surface area contributed by atoms with E-state index in [0.29, 0.717) is 0 Å². The number of ether oxygens (including phenoxy) is 1. The average Bonchev–Trinajstić information content (AvgIpc) is 2.82. The van der Waals surface area contributed by atoms with E-state index in [2.05, 4.69) is 23.0 Å². The molecule has 0 bridgehead atoms. The van der Waals surface area contributed by atoms with Gasteiger partial charge in [-0.15, -0.1) is 0 Å². The van der Waals surface area contributed by atoms with Crippen molar-refractivity contribution in [2.75, 3.05) is 20.2 Å². The van der Waals surface area contributed by atoms with Crippen LogP contribution in [0.25, 0.3) is 5.57 Å². The fourth-order valence-electron chi connectivity index (χ4n) is 3.88. The molecule has 1 spiro atoms. The number of fused-ring (bicyclic) bond motifs is 2. The Morgan fingerprint density at radius 1 is 1.36 bits per heavy atom. The molecule has 1 aromatic rings. The number of esters is 1. The van der Waals surface area contributed by atoms with Gasteiger partial charge < -0.3 is 14.6 Å². The third-order valence-electron chi connectivity index (χ3n) is 5.15. The largest absolute Gasteiger partial charge is 0.466 e. The average molecular weight is 299 g/mol. The number of piperidine rings is 1. The molecule has 1 heterocycles. The highest BCUT2D eigenvalue weighted by atomic mass is 16.5. The minimum atomic E-state index is -0.390. The van der Waals surface area contributed by atoms with Crippen molar-refractivity contribution >= 4 is 18.6 Å². The Kier molecular flexibility index (Phi) is 4.11. The molecule has 0 radical (unpaired) electrons. The molecule has 3 rings (SSSR count). The van der Waals surface area contributed by atoms with E-state index in [4.69, 9.17) is 4.74 Å². The summed E-state index contributed by atoms with van der Waals surface area (Å²) >= 11 is 0. The van der Waals surface area contributed by atoms with Crippen LogP contribution in [-0.2, 0) is 14.9 Å². The number of hydrogen-bond donors (Lipinski definition) is 1. The van der Waals surface area contributed by atoms with Crippen LogP contribution >= 0.6 is 0 Å². The lowest BCUT2D eigenvalue weighted by molar-refractivity contribution is -0.134. The number of nitrogens with zero attached hydrogens (tertiary/aromatic N) is 1. The molecule has 0 amide bonds. The standard InChI is InChI=1S/C17H22BNO3/c1-18(21)19-9-7-17(8-10-19)12-13(11-16(20)22-2)14-5-3-4-6-15(14)17/h3-6,11,21H,7-10,12H2,1-2H3. The number of allylic oxidation sites excluding steroid dienone is 1. The Bertz CT molecular complexity index is 604. The SMILES string of the molecule is COC(=O)C=C1CC2(CCN(B(C)O)CC2)c2ccccc21. The second-order valence-corrected chi connectivity index (χ2v) is 6.36. The molecule has 5 heteroatoms. The zero-order valence-corrected chi connectivity index (χ0v) is 13.2. The second kappa shape index (κ2) is 5.90. The van der Waals surface area contributed by atoms with Crippen LogP contribution in [0.4, 0.5) is 0 Å². The molecule has 2 aliphatic rings. The van der Waals surface area contributed by atoms with Crippen molar-refractivity contribution < 1.29 is 14.6 Å². The third kappa shape index (κ3) is 2.59. The molecule has 0 aromatic heterocycles. The molecule has 22 heavy (non-hydrogen) atoms. The van der Waals surface area contributed by atoms with Crippen molar-refractivity contribution in [2.45, 2.75) is 31.5 Å². The lowest BCUT2D eigenvalue weighted by Gasteiger charge is -2.40. The van der Waals surface area contributed by atoms with Gasteiger partial charge in [-0.05, 0) is 55.9 Å². The summed E-state index contributed by atoms with van der Waals surface area (Å²) in [5.41, 5.74) is 3.70. The van der Waals surface area contributed by atoms with Gasteiger partial charge in [0.2, 0.25) is 0 Å². The van der Waals surface area contributed by atoms with Gasteiger partial charge in [0.25, 0.3) is 0 Å². The van der Waals surface area contributed by atoms with Crippen molar-refractivity contribution in [2.24, 2.45) is 0 Å². The monoisotopic (exact) mass is 299 g/mol. The highest BCUT2D eigenvalue weighted by molar-refractivity contribution is 6.45. The number of methoxy groups -OCH3 is 1. The molecule has 0 saturated carbocycles. The van der Waals surface area contributed by atoms with Gasteiger partial charge >= 0.3 is 13.0 Å². The van der Waals surface area contributed by atoms with Crippen LogP contribution in [0.5, 0.6) is 0 Å². The molecule has 116 valence electrons. The van der Waals surface area contributed by atoms with Gasteiger partial charge in [-0.1, -0.05) is 24.3 Å². The summed E-state index contributed by atoms with van der Waals surface area (Å²) in [6.07, 6.45) is 4.53. The molecule has 1 aliphatic carbocycles. The summed E-state index contributed by atoms with van der Waals surface area (Å²) in [7, 11) is 1.02. The van der Waals surface area contributed by atoms with E-state index in [1.807, 2.05) is 12.9 Å². The first-order valence-corrected chi connectivity index (χ1v) is 7.86. The van der Waals surface area contributed by atoms with E-state index in [-0.39, 0.29) is 18.4 Å². The first-order valence-electron chi connectivity index (χ1n) is 7.86. The molecule has 0 atom stereocenters. The minimum absolute atomic E-state index is 0.0990. The van der Waals surface area contributed by atoms with E-state index in [1.165, 1.54) is 18.2 Å². The summed E-state index contributed by atoms with van der Waals surface area (Å²) in [6, 6.07) is 8.38. The minimum Gasteiger partial charge on any atom is -0.466 e. The number of rotatable bonds is 2. The highest BCUT2D eigenvalue weighted by Crippen LogP contribution is 2.51. The first kappa shape index (κ1) is 15.3. The van der Waals surface area contributed by atoms with Gasteiger partial charge in [-0.3, -0.25) is 0 Å². The second-order valence-electron chi connectivity index (χ2n) is 6.36. The van der Waals surface area contributed by atoms with Crippen molar-refractivity contribution in [1.29, 1.82) is 0 Å². The van der Waals surface area contributed by atoms with Crippen LogP contribution in [0.3, 0.4) is 0 Å². The van der Waals surface area contributed by atoms with Crippen molar-refractivity contribution in [3.63, 3.8) is 0 Å². The third-order valence-corrected chi connectivity index (χ3v) is 5.15. The normalized spacial score (nSPS) is 21.9. The Morgan fingerprint density at radius 3 is 2.68 bits per heavy atom. The maximum Gasteiger partial charge on any atom is 0.376 e. The Hall–Kier alpha value is -1.59. The number of hydrogen-bond acceptors (Lipinski definition) is 4. The predicted octanol–water partition coefficient (Wildman–Crippen LogP) is 2.09. The fourth-order valence-corrected chi connectivity index (χ4v) is 3.88. The van der Waals surface area contributed by atoms with Crippen LogP contribution < -0.4 is 0 Å². The number of carbonyl (C=O) groups is 1. The lowest BCUT2D eigenvalue weighted by atomic mass is 9.70. The topological polar surface area (TPSA) is 49.8 Å². The summed E-state index contributed by atoms with van der Waals surface area (Å²) in [5, 5.41) is 9.76. The van der Waals surface area contributed by atoms with Gasteiger partial charge in [0, 0.05) is 11.5 Å². The van der Waals surface area contributed by atoms with E-state index < -0.39 is 0 Å². The lowest BCUT2D eigenvalue weighted by Crippen LogP contribution is -2.47. The van der Waals surface area contributed by atoms with Crippen LogP contribution in [0, 0.1) is 0 Å². The molecule has 4 nitrogen and oxygen atoms in total. The van der Waals surface area contributed by atoms with E-state index in [0.717, 1.165) is 37.9 Å². The van der Waals surface area contributed by atoms with E-state index in [1.54, 1.807) is 6.08 Å². The van der Waals surface area contributed by atoms with Crippen LogP contribution in [0.15, 0.2) is 30.3 Å².